The lowest BCUT2D eigenvalue weighted by atomic mass is 10.1. The number of rotatable bonds is 47. The molecule has 0 aromatic heterocycles. The van der Waals surface area contributed by atoms with E-state index >= 15 is 0 Å². The Bertz CT molecular complexity index is 1020. The largest absolute Gasteiger partial charge is 0.466 e. The third-order valence-corrected chi connectivity index (χ3v) is 11.5. The lowest BCUT2D eigenvalue weighted by Gasteiger charge is -2.20. The molecule has 350 valence electrons. The number of ether oxygens (including phenoxy) is 1. The van der Waals surface area contributed by atoms with Crippen molar-refractivity contribution in [3.8, 4) is 0 Å². The Morgan fingerprint density at radius 1 is 0.467 bits per heavy atom. The summed E-state index contributed by atoms with van der Waals surface area (Å²) < 4.78 is 5.45. The third-order valence-electron chi connectivity index (χ3n) is 11.5. The van der Waals surface area contributed by atoms with Crippen LogP contribution in [-0.4, -0.2) is 47.4 Å². The highest BCUT2D eigenvalue weighted by Gasteiger charge is 2.18. The predicted octanol–water partition coefficient (Wildman–Crippen LogP) is 15.5. The molecule has 0 heterocycles. The maximum absolute atomic E-state index is 12.4. The Labute approximate surface area is 372 Å². The van der Waals surface area contributed by atoms with Crippen molar-refractivity contribution in [3.63, 3.8) is 0 Å². The van der Waals surface area contributed by atoms with E-state index in [-0.39, 0.29) is 18.5 Å². The smallest absolute Gasteiger partial charge is 0.305 e. The molecule has 1 amide bonds. The Kier molecular flexibility index (Phi) is 47.7. The zero-order chi connectivity index (χ0) is 43.7. The van der Waals surface area contributed by atoms with E-state index in [0.29, 0.717) is 19.4 Å². The number of carbonyl (C=O) groups is 2. The molecule has 0 aliphatic heterocycles. The minimum atomic E-state index is -0.850. The number of amides is 1. The average Bonchev–Trinajstić information content (AvgIpc) is 3.25. The van der Waals surface area contributed by atoms with Crippen LogP contribution in [0.25, 0.3) is 0 Å². The highest BCUT2D eigenvalue weighted by Crippen LogP contribution is 2.14. The van der Waals surface area contributed by atoms with E-state index in [2.05, 4.69) is 55.6 Å². The van der Waals surface area contributed by atoms with Gasteiger partial charge in [0.15, 0.2) is 0 Å². The number of hydrogen-bond acceptors (Lipinski definition) is 5. The van der Waals surface area contributed by atoms with Crippen molar-refractivity contribution >= 4 is 11.9 Å². The normalized spacial score (nSPS) is 13.1. The van der Waals surface area contributed by atoms with Crippen molar-refractivity contribution in [2.45, 2.75) is 270 Å². The van der Waals surface area contributed by atoms with Gasteiger partial charge in [0, 0.05) is 12.8 Å². The second kappa shape index (κ2) is 49.5. The number of esters is 1. The molecule has 2 atom stereocenters. The molecular weight excluding hydrogens is 743 g/mol. The third kappa shape index (κ3) is 45.3. The van der Waals surface area contributed by atoms with Gasteiger partial charge >= 0.3 is 5.97 Å². The molecule has 0 fully saturated rings. The van der Waals surface area contributed by atoms with E-state index in [1.807, 2.05) is 6.08 Å². The monoisotopic (exact) mass is 842 g/mol. The van der Waals surface area contributed by atoms with Gasteiger partial charge in [0.2, 0.25) is 5.91 Å². The van der Waals surface area contributed by atoms with Gasteiger partial charge in [0.05, 0.1) is 25.4 Å². The van der Waals surface area contributed by atoms with Crippen LogP contribution in [0.5, 0.6) is 0 Å². The summed E-state index contributed by atoms with van der Waals surface area (Å²) in [5, 5.41) is 23.0. The van der Waals surface area contributed by atoms with Crippen molar-refractivity contribution in [1.29, 1.82) is 0 Å². The van der Waals surface area contributed by atoms with Crippen molar-refractivity contribution in [3.05, 3.63) is 48.6 Å². The Morgan fingerprint density at radius 2 is 0.867 bits per heavy atom. The van der Waals surface area contributed by atoms with Crippen LogP contribution in [0.15, 0.2) is 48.6 Å². The molecule has 2 unspecified atom stereocenters. The van der Waals surface area contributed by atoms with Gasteiger partial charge in [0.25, 0.3) is 0 Å². The first kappa shape index (κ1) is 57.8. The highest BCUT2D eigenvalue weighted by atomic mass is 16.5. The Hall–Kier alpha value is -2.18. The summed E-state index contributed by atoms with van der Waals surface area (Å²) in [7, 11) is 0. The molecule has 6 heteroatoms. The fourth-order valence-electron chi connectivity index (χ4n) is 7.55. The van der Waals surface area contributed by atoms with Gasteiger partial charge in [-0.3, -0.25) is 9.59 Å². The molecule has 0 bridgehead atoms. The summed E-state index contributed by atoms with van der Waals surface area (Å²) in [6.45, 7) is 4.79. The summed E-state index contributed by atoms with van der Waals surface area (Å²) >= 11 is 0. The fraction of sp³-hybridized carbons (Fsp3) is 0.815. The lowest BCUT2D eigenvalue weighted by Crippen LogP contribution is -2.45. The molecular formula is C54H99NO5. The molecule has 0 radical (unpaired) electrons. The van der Waals surface area contributed by atoms with Crippen LogP contribution in [0.4, 0.5) is 0 Å². The maximum Gasteiger partial charge on any atom is 0.305 e. The van der Waals surface area contributed by atoms with E-state index in [4.69, 9.17) is 4.74 Å². The minimum absolute atomic E-state index is 0.0133. The van der Waals surface area contributed by atoms with Crippen molar-refractivity contribution < 1.29 is 24.5 Å². The van der Waals surface area contributed by atoms with Crippen molar-refractivity contribution in [1.82, 2.24) is 5.32 Å². The number of nitrogens with one attached hydrogen (secondary N) is 1. The highest BCUT2D eigenvalue weighted by molar-refractivity contribution is 5.76. The number of allylic oxidation sites excluding steroid dienone is 7. The lowest BCUT2D eigenvalue weighted by molar-refractivity contribution is -0.143. The minimum Gasteiger partial charge on any atom is -0.466 e. The SMILES string of the molecule is CCC/C=C\C/C=C\CCCCCCCC(=O)OCCCCCCCCCC/C=C\CCCCCCCCCC(=O)NC(CO)C(O)/C=C/CCCCCCCCCCC. The van der Waals surface area contributed by atoms with Crippen LogP contribution in [0.1, 0.15) is 258 Å². The summed E-state index contributed by atoms with van der Waals surface area (Å²) in [5.74, 6) is -0.0939. The van der Waals surface area contributed by atoms with Gasteiger partial charge < -0.3 is 20.3 Å². The first-order valence-electron chi connectivity index (χ1n) is 25.9. The van der Waals surface area contributed by atoms with Crippen LogP contribution in [-0.2, 0) is 14.3 Å². The fourth-order valence-corrected chi connectivity index (χ4v) is 7.55. The number of carbonyl (C=O) groups excluding carboxylic acids is 2. The van der Waals surface area contributed by atoms with Gasteiger partial charge in [-0.1, -0.05) is 210 Å². The van der Waals surface area contributed by atoms with E-state index in [9.17, 15) is 19.8 Å². The zero-order valence-electron chi connectivity index (χ0n) is 39.7. The molecule has 6 nitrogen and oxygen atoms in total. The van der Waals surface area contributed by atoms with Gasteiger partial charge in [-0.25, -0.2) is 0 Å². The second-order valence-corrected chi connectivity index (χ2v) is 17.5. The number of hydrogen-bond donors (Lipinski definition) is 3. The van der Waals surface area contributed by atoms with E-state index < -0.39 is 12.1 Å². The van der Waals surface area contributed by atoms with Gasteiger partial charge in [-0.2, -0.15) is 0 Å². The van der Waals surface area contributed by atoms with Crippen molar-refractivity contribution in [2.75, 3.05) is 13.2 Å². The molecule has 0 spiro atoms. The second-order valence-electron chi connectivity index (χ2n) is 17.5. The summed E-state index contributed by atoms with van der Waals surface area (Å²) in [6, 6.07) is -0.634. The average molecular weight is 842 g/mol. The quantitative estimate of drug-likeness (QED) is 0.0322. The standard InChI is InChI=1S/C54H99NO5/c1-3-5-7-9-11-13-15-23-28-32-36-40-44-48-54(59)60-49-45-41-37-33-29-25-22-20-18-16-17-19-21-24-27-31-35-39-43-47-53(58)55-51(50-56)52(57)46-42-38-34-30-26-14-12-10-8-6-4-2/h7,9,13,15-17,42,46,51-52,56-57H,3-6,8,10-12,14,18-41,43-45,47-50H2,1-2H3,(H,55,58)/b9-7-,15-13-,17-16-,46-42+. The molecule has 60 heavy (non-hydrogen) atoms. The van der Waals surface area contributed by atoms with Gasteiger partial charge in [0.1, 0.15) is 0 Å². The van der Waals surface area contributed by atoms with Gasteiger partial charge in [-0.05, 0) is 83.5 Å². The van der Waals surface area contributed by atoms with Crippen LogP contribution in [0, 0.1) is 0 Å². The molecule has 0 saturated heterocycles. The van der Waals surface area contributed by atoms with Crippen LogP contribution >= 0.6 is 0 Å². The van der Waals surface area contributed by atoms with Crippen molar-refractivity contribution in [2.24, 2.45) is 0 Å². The van der Waals surface area contributed by atoms with Crippen LogP contribution in [0.2, 0.25) is 0 Å². The topological polar surface area (TPSA) is 95.9 Å². The summed E-state index contributed by atoms with van der Waals surface area (Å²) in [5.41, 5.74) is 0. The molecule has 0 saturated carbocycles. The summed E-state index contributed by atoms with van der Waals surface area (Å²) in [6.07, 6.45) is 61.1. The van der Waals surface area contributed by atoms with E-state index in [1.54, 1.807) is 6.08 Å². The van der Waals surface area contributed by atoms with Crippen LogP contribution < -0.4 is 5.32 Å². The molecule has 3 N–H and O–H groups in total. The Balaban J connectivity index is 3.47. The predicted molar refractivity (Wildman–Crippen MR) is 259 cm³/mol. The molecule has 0 aromatic rings. The van der Waals surface area contributed by atoms with E-state index in [1.165, 1.54) is 167 Å². The zero-order valence-corrected chi connectivity index (χ0v) is 39.7. The first-order valence-corrected chi connectivity index (χ1v) is 25.9. The van der Waals surface area contributed by atoms with Crippen LogP contribution in [0.3, 0.4) is 0 Å². The van der Waals surface area contributed by atoms with E-state index in [0.717, 1.165) is 64.2 Å². The van der Waals surface area contributed by atoms with Gasteiger partial charge in [-0.15, -0.1) is 0 Å². The molecule has 0 aliphatic rings. The maximum atomic E-state index is 12.4. The molecule has 0 aromatic carbocycles. The Morgan fingerprint density at radius 3 is 1.35 bits per heavy atom. The molecule has 0 aliphatic carbocycles. The number of aliphatic hydroxyl groups excluding tert-OH is 2. The molecule has 0 rings (SSSR count). The summed E-state index contributed by atoms with van der Waals surface area (Å²) in [4.78, 5) is 24.4. The number of aliphatic hydroxyl groups is 2. The number of unbranched alkanes of at least 4 members (excludes halogenated alkanes) is 30. The first-order chi connectivity index (χ1) is 29.5.